The van der Waals surface area contributed by atoms with Crippen LogP contribution in [-0.4, -0.2) is 83.5 Å². The number of morpholine rings is 1. The number of ether oxygens (including phenoxy) is 1. The average Bonchev–Trinajstić information content (AvgIpc) is 3.28. The molecule has 0 spiro atoms. The van der Waals surface area contributed by atoms with Gasteiger partial charge >= 0.3 is 12.0 Å². The minimum absolute atomic E-state index is 0.300. The number of carbonyl (C=O) groups excluding carboxylic acids is 2. The summed E-state index contributed by atoms with van der Waals surface area (Å²) in [6, 6.07) is 5.28. The molecule has 1 unspecified atom stereocenters. The maximum atomic E-state index is 14.5. The van der Waals surface area contributed by atoms with Crippen LogP contribution in [0.15, 0.2) is 35.5 Å². The van der Waals surface area contributed by atoms with E-state index < -0.39 is 12.1 Å². The van der Waals surface area contributed by atoms with Crippen LogP contribution >= 0.6 is 0 Å². The number of imidazole rings is 1. The molecule has 5 rings (SSSR count). The average molecular weight is 427 g/mol. The molecule has 1 atom stereocenters. The summed E-state index contributed by atoms with van der Waals surface area (Å²) >= 11 is 0. The maximum absolute atomic E-state index is 14.5. The van der Waals surface area contributed by atoms with Gasteiger partial charge in [0.1, 0.15) is 17.6 Å². The molecule has 31 heavy (non-hydrogen) atoms. The van der Waals surface area contributed by atoms with E-state index in [-0.39, 0.29) is 11.7 Å². The summed E-state index contributed by atoms with van der Waals surface area (Å²) in [6.45, 7) is 5.62. The SMILES string of the molecule is Cc1c[n+]2c(n1-c1ccccc1F)N=C1C2C(=O)N(CCN2CCOCC2)C(=O)N1C. The van der Waals surface area contributed by atoms with E-state index in [1.165, 1.54) is 15.9 Å². The number of fused-ring (bicyclic) bond motifs is 3. The van der Waals surface area contributed by atoms with Gasteiger partial charge < -0.3 is 4.74 Å². The van der Waals surface area contributed by atoms with E-state index in [2.05, 4.69) is 9.89 Å². The Bertz CT molecular complexity index is 1090. The maximum Gasteiger partial charge on any atom is 0.407 e. The second-order valence-corrected chi connectivity index (χ2v) is 7.92. The summed E-state index contributed by atoms with van der Waals surface area (Å²) in [5.41, 5.74) is 1.09. The number of rotatable bonds is 4. The van der Waals surface area contributed by atoms with E-state index in [1.807, 2.05) is 6.92 Å². The molecule has 9 nitrogen and oxygen atoms in total. The number of hydrogen-bond acceptors (Lipinski definition) is 5. The van der Waals surface area contributed by atoms with Crippen molar-refractivity contribution >= 4 is 23.7 Å². The number of aryl methyl sites for hydroxylation is 1. The van der Waals surface area contributed by atoms with Crippen molar-refractivity contribution in [2.75, 3.05) is 46.4 Å². The van der Waals surface area contributed by atoms with Crippen molar-refractivity contribution < 1.29 is 23.3 Å². The highest BCUT2D eigenvalue weighted by atomic mass is 19.1. The highest BCUT2D eigenvalue weighted by Gasteiger charge is 2.53. The summed E-state index contributed by atoms with van der Waals surface area (Å²) in [6.07, 6.45) is 1.78. The molecular weight excluding hydrogens is 403 g/mol. The fourth-order valence-corrected chi connectivity index (χ4v) is 4.39. The zero-order valence-corrected chi connectivity index (χ0v) is 17.5. The number of imide groups is 1. The van der Waals surface area contributed by atoms with E-state index >= 15 is 0 Å². The standard InChI is InChI=1S/C21H24FN6O3/c1-14-13-27-17-18(23-20(27)28(14)16-6-4-3-5-15(16)22)24(2)21(30)26(19(17)29)8-7-25-9-11-31-12-10-25/h3-6,13,17H,7-12H2,1-2H3/q+1. The monoisotopic (exact) mass is 427 g/mol. The normalized spacial score (nSPS) is 21.4. The summed E-state index contributed by atoms with van der Waals surface area (Å²) in [4.78, 5) is 35.8. The molecule has 4 heterocycles. The number of amidine groups is 1. The van der Waals surface area contributed by atoms with Crippen LogP contribution in [0.1, 0.15) is 11.7 Å². The van der Waals surface area contributed by atoms with E-state index in [0.717, 1.165) is 18.8 Å². The summed E-state index contributed by atoms with van der Waals surface area (Å²) < 4.78 is 23.3. The Balaban J connectivity index is 1.48. The molecule has 0 bridgehead atoms. The molecule has 1 aromatic carbocycles. The van der Waals surface area contributed by atoms with E-state index in [0.29, 0.717) is 43.8 Å². The number of urea groups is 1. The number of aliphatic imine (C=N–C) groups is 1. The number of para-hydroxylation sites is 1. The summed E-state index contributed by atoms with van der Waals surface area (Å²) in [7, 11) is 1.62. The zero-order chi connectivity index (χ0) is 21.7. The number of hydrogen-bond donors (Lipinski definition) is 0. The highest BCUT2D eigenvalue weighted by Crippen LogP contribution is 2.31. The van der Waals surface area contributed by atoms with Gasteiger partial charge in [-0.25, -0.2) is 13.8 Å². The second kappa shape index (κ2) is 7.54. The topological polar surface area (TPSA) is 74.3 Å². The van der Waals surface area contributed by atoms with E-state index in [4.69, 9.17) is 4.74 Å². The van der Waals surface area contributed by atoms with Crippen LogP contribution < -0.4 is 4.57 Å². The Labute approximate surface area is 178 Å². The minimum Gasteiger partial charge on any atom is -0.379 e. The Morgan fingerprint density at radius 3 is 2.68 bits per heavy atom. The van der Waals surface area contributed by atoms with Gasteiger partial charge in [0, 0.05) is 33.2 Å². The fraction of sp³-hybridized carbons (Fsp3) is 0.429. The fourth-order valence-electron chi connectivity index (χ4n) is 4.39. The largest absolute Gasteiger partial charge is 0.407 e. The first kappa shape index (κ1) is 19.8. The van der Waals surface area contributed by atoms with E-state index in [9.17, 15) is 14.0 Å². The molecular formula is C21H24FN6O3+. The Hall–Kier alpha value is -3.11. The summed E-state index contributed by atoms with van der Waals surface area (Å²) in [5, 5.41) is 0. The van der Waals surface area contributed by atoms with Crippen molar-refractivity contribution in [1.82, 2.24) is 19.3 Å². The third-order valence-corrected chi connectivity index (χ3v) is 6.05. The van der Waals surface area contributed by atoms with Gasteiger partial charge in [-0.2, -0.15) is 4.57 Å². The summed E-state index contributed by atoms with van der Waals surface area (Å²) in [5.74, 6) is 0.0791. The van der Waals surface area contributed by atoms with Crippen LogP contribution in [0.5, 0.6) is 0 Å². The van der Waals surface area contributed by atoms with Gasteiger partial charge in [-0.15, -0.1) is 0 Å². The zero-order valence-electron chi connectivity index (χ0n) is 17.5. The van der Waals surface area contributed by atoms with Crippen LogP contribution in [0, 0.1) is 12.7 Å². The van der Waals surface area contributed by atoms with Gasteiger partial charge in [0.15, 0.2) is 5.82 Å². The number of nitrogens with zero attached hydrogens (tertiary/aromatic N) is 6. The molecule has 0 radical (unpaired) electrons. The van der Waals surface area contributed by atoms with Gasteiger partial charge in [0.05, 0.1) is 13.2 Å². The molecule has 10 heteroatoms. The first-order valence-corrected chi connectivity index (χ1v) is 10.3. The lowest BCUT2D eigenvalue weighted by molar-refractivity contribution is -0.676. The predicted octanol–water partition coefficient (Wildman–Crippen LogP) is 1.02. The first-order chi connectivity index (χ1) is 15.0. The van der Waals surface area contributed by atoms with Gasteiger partial charge in [-0.1, -0.05) is 17.1 Å². The predicted molar refractivity (Wildman–Crippen MR) is 109 cm³/mol. The van der Waals surface area contributed by atoms with Gasteiger partial charge in [0.2, 0.25) is 11.9 Å². The van der Waals surface area contributed by atoms with Crippen LogP contribution in [-0.2, 0) is 9.53 Å². The lowest BCUT2D eigenvalue weighted by atomic mass is 10.1. The molecule has 3 amide bonds. The number of aromatic nitrogens is 2. The molecule has 0 saturated carbocycles. The Kier molecular flexibility index (Phi) is 4.82. The first-order valence-electron chi connectivity index (χ1n) is 10.3. The van der Waals surface area contributed by atoms with Crippen molar-refractivity contribution in [3.8, 4) is 5.69 Å². The van der Waals surface area contributed by atoms with Crippen molar-refractivity contribution in [3.05, 3.63) is 42.0 Å². The van der Waals surface area contributed by atoms with Gasteiger partial charge in [-0.3, -0.25) is 19.5 Å². The van der Waals surface area contributed by atoms with Gasteiger partial charge in [-0.05, 0) is 19.1 Å². The quantitative estimate of drug-likeness (QED) is 0.683. The molecule has 2 saturated heterocycles. The molecule has 2 aromatic rings. The molecule has 0 N–H and O–H groups in total. The molecule has 3 aliphatic heterocycles. The van der Waals surface area contributed by atoms with Crippen molar-refractivity contribution in [2.45, 2.75) is 13.0 Å². The van der Waals surface area contributed by atoms with Crippen molar-refractivity contribution in [2.24, 2.45) is 4.99 Å². The second-order valence-electron chi connectivity index (χ2n) is 7.92. The number of halogens is 1. The highest BCUT2D eigenvalue weighted by molar-refractivity contribution is 6.19. The minimum atomic E-state index is -0.742. The van der Waals surface area contributed by atoms with Crippen LogP contribution in [0.3, 0.4) is 0 Å². The lowest BCUT2D eigenvalue weighted by Crippen LogP contribution is -2.63. The van der Waals surface area contributed by atoms with Crippen molar-refractivity contribution in [3.63, 3.8) is 0 Å². The van der Waals surface area contributed by atoms with E-state index in [1.54, 1.807) is 40.6 Å². The number of carbonyl (C=O) groups is 2. The lowest BCUT2D eigenvalue weighted by Gasteiger charge is -2.35. The Morgan fingerprint density at radius 2 is 1.94 bits per heavy atom. The number of likely N-dealkylation sites (N-methyl/N-ethyl adjacent to an activating group) is 1. The third-order valence-electron chi connectivity index (χ3n) is 6.05. The molecule has 2 fully saturated rings. The molecule has 162 valence electrons. The third kappa shape index (κ3) is 3.14. The molecule has 1 aromatic heterocycles. The van der Waals surface area contributed by atoms with Crippen LogP contribution in [0.2, 0.25) is 0 Å². The molecule has 3 aliphatic rings. The Morgan fingerprint density at radius 1 is 1.19 bits per heavy atom. The number of amides is 3. The molecule has 0 aliphatic carbocycles. The van der Waals surface area contributed by atoms with Crippen molar-refractivity contribution in [1.29, 1.82) is 0 Å². The van der Waals surface area contributed by atoms with Crippen LogP contribution in [0.4, 0.5) is 15.1 Å². The van der Waals surface area contributed by atoms with Crippen LogP contribution in [0.25, 0.3) is 5.69 Å². The van der Waals surface area contributed by atoms with Gasteiger partial charge in [0.25, 0.3) is 5.91 Å². The number of benzene rings is 1. The smallest absolute Gasteiger partial charge is 0.379 e.